The molecule has 2 nitrogen and oxygen atoms in total. The van der Waals surface area contributed by atoms with Crippen LogP contribution in [0.1, 0.15) is 12.0 Å². The van der Waals surface area contributed by atoms with Crippen LogP contribution in [-0.2, 0) is 6.42 Å². The smallest absolute Gasteiger partial charge is 0.159 e. The molecule has 1 aliphatic heterocycles. The van der Waals surface area contributed by atoms with Crippen LogP contribution in [0.5, 0.6) is 0 Å². The first-order valence-electron chi connectivity index (χ1n) is 5.30. The predicted molar refractivity (Wildman–Crippen MR) is 58.4 cm³/mol. The molecule has 0 fully saturated rings. The van der Waals surface area contributed by atoms with Crippen LogP contribution < -0.4 is 11.1 Å². The number of hydrogen-bond donors (Lipinski definition) is 2. The van der Waals surface area contributed by atoms with Gasteiger partial charge in [0.2, 0.25) is 0 Å². The number of nitrogens with one attached hydrogen (secondary N) is 1. The molecule has 1 aromatic carbocycles. The van der Waals surface area contributed by atoms with E-state index in [0.29, 0.717) is 11.7 Å². The van der Waals surface area contributed by atoms with E-state index in [1.54, 1.807) is 6.07 Å². The molecule has 0 bridgehead atoms. The van der Waals surface area contributed by atoms with Gasteiger partial charge in [-0.15, -0.1) is 0 Å². The fraction of sp³-hybridized carbons (Fsp3) is 0.333. The molecule has 2 rings (SSSR count). The highest BCUT2D eigenvalue weighted by Gasteiger charge is 2.13. The summed E-state index contributed by atoms with van der Waals surface area (Å²) in [4.78, 5) is 0. The summed E-state index contributed by atoms with van der Waals surface area (Å²) < 4.78 is 25.6. The second kappa shape index (κ2) is 4.51. The van der Waals surface area contributed by atoms with Crippen molar-refractivity contribution in [1.29, 1.82) is 0 Å². The van der Waals surface area contributed by atoms with Crippen LogP contribution >= 0.6 is 0 Å². The zero-order valence-corrected chi connectivity index (χ0v) is 8.84. The van der Waals surface area contributed by atoms with Gasteiger partial charge in [0.1, 0.15) is 0 Å². The first-order valence-corrected chi connectivity index (χ1v) is 5.30. The molecule has 1 aliphatic rings. The highest BCUT2D eigenvalue weighted by molar-refractivity contribution is 5.18. The maximum absolute atomic E-state index is 12.9. The quantitative estimate of drug-likeness (QED) is 0.823. The number of nitrogens with two attached hydrogens (primary N) is 1. The summed E-state index contributed by atoms with van der Waals surface area (Å²) >= 11 is 0. The van der Waals surface area contributed by atoms with Gasteiger partial charge in [0.15, 0.2) is 11.6 Å². The highest BCUT2D eigenvalue weighted by atomic mass is 19.2. The number of rotatable bonds is 3. The lowest BCUT2D eigenvalue weighted by Crippen LogP contribution is -2.16. The Morgan fingerprint density at radius 1 is 1.31 bits per heavy atom. The first-order chi connectivity index (χ1) is 7.65. The Hall–Kier alpha value is -1.58. The van der Waals surface area contributed by atoms with Crippen molar-refractivity contribution in [3.63, 3.8) is 0 Å². The minimum absolute atomic E-state index is 0.383. The van der Waals surface area contributed by atoms with Crippen molar-refractivity contribution >= 4 is 0 Å². The molecule has 16 heavy (non-hydrogen) atoms. The van der Waals surface area contributed by atoms with Crippen LogP contribution in [0.4, 0.5) is 8.78 Å². The summed E-state index contributed by atoms with van der Waals surface area (Å²) in [7, 11) is 0. The van der Waals surface area contributed by atoms with Crippen LogP contribution in [0.2, 0.25) is 0 Å². The van der Waals surface area contributed by atoms with E-state index in [2.05, 4.69) is 5.32 Å². The molecular weight excluding hydrogens is 210 g/mol. The monoisotopic (exact) mass is 224 g/mol. The van der Waals surface area contributed by atoms with Crippen LogP contribution in [0.25, 0.3) is 0 Å². The number of benzene rings is 1. The van der Waals surface area contributed by atoms with E-state index < -0.39 is 11.6 Å². The average molecular weight is 224 g/mol. The predicted octanol–water partition coefficient (Wildman–Crippen LogP) is 1.92. The van der Waals surface area contributed by atoms with Gasteiger partial charge in [-0.2, -0.15) is 0 Å². The molecule has 0 aromatic heterocycles. The van der Waals surface area contributed by atoms with Gasteiger partial charge in [-0.3, -0.25) is 0 Å². The Bertz CT molecular complexity index is 415. The van der Waals surface area contributed by atoms with Crippen LogP contribution in [0.15, 0.2) is 30.1 Å². The third kappa shape index (κ3) is 2.51. The Kier molecular flexibility index (Phi) is 3.08. The van der Waals surface area contributed by atoms with Crippen molar-refractivity contribution in [3.05, 3.63) is 47.3 Å². The number of aryl methyl sites for hydroxylation is 1. The Balaban J connectivity index is 1.92. The lowest BCUT2D eigenvalue weighted by molar-refractivity contribution is 0.505. The van der Waals surface area contributed by atoms with Crippen molar-refractivity contribution in [2.24, 2.45) is 11.7 Å². The fourth-order valence-corrected chi connectivity index (χ4v) is 1.85. The zero-order valence-electron chi connectivity index (χ0n) is 8.84. The van der Waals surface area contributed by atoms with Crippen LogP contribution in [0.3, 0.4) is 0 Å². The summed E-state index contributed by atoms with van der Waals surface area (Å²) in [5.74, 6) is -0.490. The molecule has 0 amide bonds. The van der Waals surface area contributed by atoms with Crippen LogP contribution in [-0.4, -0.2) is 6.54 Å². The van der Waals surface area contributed by atoms with Gasteiger partial charge in [0.05, 0.1) is 5.82 Å². The molecule has 0 spiro atoms. The molecule has 0 saturated heterocycles. The maximum atomic E-state index is 12.9. The summed E-state index contributed by atoms with van der Waals surface area (Å²) in [6, 6.07) is 4.04. The lowest BCUT2D eigenvalue weighted by Gasteiger charge is -2.06. The van der Waals surface area contributed by atoms with E-state index in [1.165, 1.54) is 12.1 Å². The van der Waals surface area contributed by atoms with Gasteiger partial charge in [-0.25, -0.2) is 8.78 Å². The summed E-state index contributed by atoms with van der Waals surface area (Å²) in [6.45, 7) is 0.829. The molecule has 0 unspecified atom stereocenters. The highest BCUT2D eigenvalue weighted by Crippen LogP contribution is 2.16. The van der Waals surface area contributed by atoms with Crippen molar-refractivity contribution in [2.45, 2.75) is 12.8 Å². The summed E-state index contributed by atoms with van der Waals surface area (Å²) in [5.41, 5.74) is 6.40. The molecule has 1 heterocycles. The van der Waals surface area contributed by atoms with Crippen molar-refractivity contribution in [2.75, 3.05) is 6.54 Å². The summed E-state index contributed by atoms with van der Waals surface area (Å²) in [6.07, 6.45) is 3.59. The van der Waals surface area contributed by atoms with Gasteiger partial charge >= 0.3 is 0 Å². The third-order valence-electron chi connectivity index (χ3n) is 2.77. The zero-order chi connectivity index (χ0) is 11.5. The molecule has 86 valence electrons. The van der Waals surface area contributed by atoms with Crippen molar-refractivity contribution in [3.8, 4) is 0 Å². The Morgan fingerprint density at radius 3 is 2.75 bits per heavy atom. The lowest BCUT2D eigenvalue weighted by atomic mass is 10.0. The number of hydrogen-bond acceptors (Lipinski definition) is 2. The molecule has 3 N–H and O–H groups in total. The molecule has 1 aromatic rings. The molecule has 1 atom stereocenters. The van der Waals surface area contributed by atoms with E-state index in [1.807, 2.05) is 6.08 Å². The second-order valence-electron chi connectivity index (χ2n) is 4.05. The van der Waals surface area contributed by atoms with Gasteiger partial charge in [0.25, 0.3) is 0 Å². The maximum Gasteiger partial charge on any atom is 0.159 e. The normalized spacial score (nSPS) is 19.4. The molecule has 4 heteroatoms. The first kappa shape index (κ1) is 10.9. The van der Waals surface area contributed by atoms with Crippen molar-refractivity contribution < 1.29 is 8.78 Å². The average Bonchev–Trinajstić information content (AvgIpc) is 2.66. The van der Waals surface area contributed by atoms with Gasteiger partial charge in [-0.05, 0) is 42.5 Å². The second-order valence-corrected chi connectivity index (χ2v) is 4.05. The standard InChI is InChI=1S/C12H14F2N2/c13-10-4-3-8(5-11(10)14)1-2-9-6-12(15)16-7-9/h3-6,9,16H,1-2,7,15H2/t9-/m0/s1. The van der Waals surface area contributed by atoms with Gasteiger partial charge in [-0.1, -0.05) is 6.07 Å². The Labute approximate surface area is 93.1 Å². The third-order valence-corrected chi connectivity index (χ3v) is 2.77. The number of halogens is 2. The largest absolute Gasteiger partial charge is 0.386 e. The molecule has 0 saturated carbocycles. The summed E-state index contributed by atoms with van der Waals surface area (Å²) in [5, 5.41) is 3.03. The molecule has 0 aliphatic carbocycles. The molecular formula is C12H14F2N2. The van der Waals surface area contributed by atoms with E-state index in [4.69, 9.17) is 5.73 Å². The van der Waals surface area contributed by atoms with E-state index in [-0.39, 0.29) is 0 Å². The van der Waals surface area contributed by atoms with Crippen molar-refractivity contribution in [1.82, 2.24) is 5.32 Å². The molecule has 0 radical (unpaired) electrons. The van der Waals surface area contributed by atoms with E-state index in [0.717, 1.165) is 24.9 Å². The fourth-order valence-electron chi connectivity index (χ4n) is 1.85. The van der Waals surface area contributed by atoms with E-state index in [9.17, 15) is 8.78 Å². The Morgan fingerprint density at radius 2 is 2.12 bits per heavy atom. The van der Waals surface area contributed by atoms with Gasteiger partial charge < -0.3 is 11.1 Å². The topological polar surface area (TPSA) is 38.0 Å². The SMILES string of the molecule is NC1=C[C@H](CCc2ccc(F)c(F)c2)CN1. The minimum atomic E-state index is -0.796. The minimum Gasteiger partial charge on any atom is -0.386 e. The van der Waals surface area contributed by atoms with Crippen LogP contribution in [0, 0.1) is 17.6 Å². The van der Waals surface area contributed by atoms with E-state index >= 15 is 0 Å². The van der Waals surface area contributed by atoms with Gasteiger partial charge in [0, 0.05) is 6.54 Å².